The van der Waals surface area contributed by atoms with Gasteiger partial charge in [-0.25, -0.2) is 49.8 Å². The van der Waals surface area contributed by atoms with Gasteiger partial charge in [-0.1, -0.05) is 346 Å². The average molecular weight is 1540 g/mol. The van der Waals surface area contributed by atoms with Crippen molar-refractivity contribution in [2.75, 3.05) is 0 Å². The molecule has 22 rings (SSSR count). The third kappa shape index (κ3) is 14.1. The van der Waals surface area contributed by atoms with Crippen molar-refractivity contribution in [2.24, 2.45) is 0 Å². The van der Waals surface area contributed by atoms with Gasteiger partial charge in [0.15, 0.2) is 40.6 Å². The highest BCUT2D eigenvalue weighted by atomic mass is 32.1. The summed E-state index contributed by atoms with van der Waals surface area (Å²) in [6.07, 6.45) is 1.82. The van der Waals surface area contributed by atoms with E-state index < -0.39 is 0 Å². The van der Waals surface area contributed by atoms with Crippen LogP contribution in [0, 0.1) is 0 Å². The van der Waals surface area contributed by atoms with E-state index in [4.69, 9.17) is 44.9 Å². The summed E-state index contributed by atoms with van der Waals surface area (Å²) in [5.74, 6) is 3.83. The third-order valence-electron chi connectivity index (χ3n) is 21.6. The molecule has 0 saturated heterocycles. The van der Waals surface area contributed by atoms with Crippen molar-refractivity contribution in [3.05, 3.63) is 401 Å². The first-order valence-electron chi connectivity index (χ1n) is 39.1. The van der Waals surface area contributed by atoms with Gasteiger partial charge in [0.25, 0.3) is 0 Å². The van der Waals surface area contributed by atoms with Gasteiger partial charge in [-0.15, -0.1) is 22.7 Å². The number of rotatable bonds is 14. The Bertz CT molecular complexity index is 7480. The van der Waals surface area contributed by atoms with E-state index in [2.05, 4.69) is 320 Å². The van der Waals surface area contributed by atoms with Crippen LogP contribution in [0.2, 0.25) is 0 Å². The SMILES string of the molecule is c1ccc(-c2ccc(-c3nc(-c4ccccc4)nc(-c4ccc(-c5ccc(-c6cccc(-c7ccc8nc9sc%10ccccc%10c9nc8c7)c6)cc5)cc4)n3)cc2)cc1.c1ccc(-c2ccc(-c3nc(-c4ccccc4)nc(-c4ccc(-c5ccc(-c6cccc(-c7nc8ncccc8c8c7sc7ccccc78)c6)cc5)cc4)n3)cc2)cc1. The summed E-state index contributed by atoms with van der Waals surface area (Å²) in [5, 5.41) is 4.71. The second-order valence-corrected chi connectivity index (χ2v) is 31.1. The standard InChI is InChI=1S/2C53H33N5S/c1-3-11-34(12-4-1)35-24-28-40(29-25-35)51-56-50(39-13-5-2-6-14-39)57-52(58-51)41-30-26-37(27-31-41)36-20-22-38(23-21-36)42-15-9-16-43(33-42)48-49-47(44-17-7-8-19-46(44)59-49)45-18-10-32-54-53(45)55-48;1-3-10-34(11-4-1)35-22-26-40(27-23-35)51-56-50(39-12-5-2-6-13-39)57-52(58-51)41-28-24-37(25-29-41)36-18-20-38(21-19-36)42-14-9-15-43(32-42)44-30-31-46-47(33-44)54-49-45-16-7-8-17-48(45)59-53(49)55-46/h2*1-33H. The van der Waals surface area contributed by atoms with E-state index >= 15 is 0 Å². The topological polar surface area (TPSA) is 129 Å². The van der Waals surface area contributed by atoms with Crippen molar-refractivity contribution < 1.29 is 0 Å². The van der Waals surface area contributed by atoms with E-state index in [1.807, 2.05) is 85.1 Å². The lowest BCUT2D eigenvalue weighted by Crippen LogP contribution is -2.00. The van der Waals surface area contributed by atoms with Crippen molar-refractivity contribution >= 4 is 85.3 Å². The Morgan fingerprint density at radius 1 is 0.186 bits per heavy atom. The second-order valence-electron chi connectivity index (χ2n) is 29.0. The van der Waals surface area contributed by atoms with E-state index in [-0.39, 0.29) is 0 Å². The molecule has 12 heteroatoms. The molecule has 0 saturated carbocycles. The highest BCUT2D eigenvalue weighted by Gasteiger charge is 2.21. The number of hydrogen-bond acceptors (Lipinski definition) is 12. The van der Waals surface area contributed by atoms with Crippen LogP contribution < -0.4 is 0 Å². The Hall–Kier alpha value is -15.3. The Labute approximate surface area is 688 Å². The fraction of sp³-hybridized carbons (Fsp3) is 0. The van der Waals surface area contributed by atoms with E-state index in [9.17, 15) is 0 Å². The van der Waals surface area contributed by atoms with Gasteiger partial charge in [0, 0.05) is 76.1 Å². The molecule has 0 fully saturated rings. The molecule has 7 heterocycles. The van der Waals surface area contributed by atoms with Gasteiger partial charge in [0.2, 0.25) is 0 Å². The monoisotopic (exact) mass is 1540 g/mol. The lowest BCUT2D eigenvalue weighted by atomic mass is 9.96. The van der Waals surface area contributed by atoms with Gasteiger partial charge in [-0.2, -0.15) is 0 Å². The highest BCUT2D eigenvalue weighted by molar-refractivity contribution is 7.26. The largest absolute Gasteiger partial charge is 0.243 e. The molecule has 0 radical (unpaired) electrons. The maximum Gasteiger partial charge on any atom is 0.164 e. The smallest absolute Gasteiger partial charge is 0.164 e. The molecule has 0 bridgehead atoms. The number of hydrogen-bond donors (Lipinski definition) is 0. The summed E-state index contributed by atoms with van der Waals surface area (Å²) in [6, 6.07) is 137. The van der Waals surface area contributed by atoms with Crippen molar-refractivity contribution in [2.45, 2.75) is 0 Å². The van der Waals surface area contributed by atoms with E-state index in [0.29, 0.717) is 34.9 Å². The van der Waals surface area contributed by atoms with E-state index in [0.717, 1.165) is 149 Å². The van der Waals surface area contributed by atoms with E-state index in [1.54, 1.807) is 22.7 Å². The van der Waals surface area contributed by atoms with Crippen LogP contribution in [0.15, 0.2) is 401 Å². The number of benzene rings is 15. The van der Waals surface area contributed by atoms with Crippen molar-refractivity contribution in [3.8, 4) is 157 Å². The number of nitrogens with zero attached hydrogens (tertiary/aromatic N) is 10. The molecule has 0 aliphatic heterocycles. The van der Waals surface area contributed by atoms with Crippen molar-refractivity contribution in [3.63, 3.8) is 0 Å². The van der Waals surface area contributed by atoms with Gasteiger partial charge >= 0.3 is 0 Å². The third-order valence-corrected chi connectivity index (χ3v) is 23.9. The lowest BCUT2D eigenvalue weighted by molar-refractivity contribution is 1.07. The Kier molecular flexibility index (Phi) is 18.4. The molecule has 118 heavy (non-hydrogen) atoms. The average Bonchev–Trinajstić information content (AvgIpc) is 1.61. The van der Waals surface area contributed by atoms with Gasteiger partial charge < -0.3 is 0 Å². The van der Waals surface area contributed by atoms with Gasteiger partial charge in [0.05, 0.1) is 21.4 Å². The number of fused-ring (bicyclic) bond motifs is 9. The summed E-state index contributed by atoms with van der Waals surface area (Å²) >= 11 is 3.49. The van der Waals surface area contributed by atoms with Gasteiger partial charge in [0.1, 0.15) is 10.3 Å². The predicted octanol–water partition coefficient (Wildman–Crippen LogP) is 27.7. The minimum atomic E-state index is 0.632. The highest BCUT2D eigenvalue weighted by Crippen LogP contribution is 2.44. The maximum atomic E-state index is 5.13. The normalized spacial score (nSPS) is 11.4. The number of pyridine rings is 2. The fourth-order valence-corrected chi connectivity index (χ4v) is 17.7. The summed E-state index contributed by atoms with van der Waals surface area (Å²) < 4.78 is 3.65. The predicted molar refractivity (Wildman–Crippen MR) is 488 cm³/mol. The molecule has 0 aliphatic rings. The summed E-state index contributed by atoms with van der Waals surface area (Å²) in [5.41, 5.74) is 27.2. The summed E-state index contributed by atoms with van der Waals surface area (Å²) in [6.45, 7) is 0. The van der Waals surface area contributed by atoms with Crippen LogP contribution in [-0.4, -0.2) is 49.8 Å². The van der Waals surface area contributed by atoms with Crippen LogP contribution in [-0.2, 0) is 0 Å². The van der Waals surface area contributed by atoms with Crippen LogP contribution in [0.1, 0.15) is 0 Å². The molecule has 0 aliphatic carbocycles. The first-order chi connectivity index (χ1) is 58.4. The number of aromatic nitrogens is 10. The molecule has 0 amide bonds. The van der Waals surface area contributed by atoms with Crippen LogP contribution in [0.25, 0.3) is 220 Å². The Balaban J connectivity index is 0.000000147. The number of thiophene rings is 2. The van der Waals surface area contributed by atoms with Crippen LogP contribution >= 0.6 is 22.7 Å². The molecule has 552 valence electrons. The molecular formula is C106H66N10S2. The lowest BCUT2D eigenvalue weighted by Gasteiger charge is -2.10. The summed E-state index contributed by atoms with van der Waals surface area (Å²) in [4.78, 5) is 50.5. The Morgan fingerprint density at radius 3 is 0.932 bits per heavy atom. The Morgan fingerprint density at radius 2 is 0.492 bits per heavy atom. The molecule has 10 nitrogen and oxygen atoms in total. The van der Waals surface area contributed by atoms with Gasteiger partial charge in [-0.3, -0.25) is 0 Å². The van der Waals surface area contributed by atoms with Gasteiger partial charge in [-0.05, 0) is 126 Å². The molecule has 7 aromatic heterocycles. The van der Waals surface area contributed by atoms with Crippen LogP contribution in [0.3, 0.4) is 0 Å². The molecule has 0 unspecified atom stereocenters. The molecule has 15 aromatic carbocycles. The first kappa shape index (κ1) is 70.5. The van der Waals surface area contributed by atoms with Crippen molar-refractivity contribution in [1.29, 1.82) is 0 Å². The zero-order valence-electron chi connectivity index (χ0n) is 63.4. The molecule has 0 atom stereocenters. The quantitative estimate of drug-likeness (QED) is 0.104. The van der Waals surface area contributed by atoms with Crippen LogP contribution in [0.4, 0.5) is 0 Å². The molecular weight excluding hydrogens is 1480 g/mol. The van der Waals surface area contributed by atoms with E-state index in [1.165, 1.54) is 36.0 Å². The minimum absolute atomic E-state index is 0.632. The maximum absolute atomic E-state index is 5.13. The van der Waals surface area contributed by atoms with Crippen LogP contribution in [0.5, 0.6) is 0 Å². The fourth-order valence-electron chi connectivity index (χ4n) is 15.5. The minimum Gasteiger partial charge on any atom is -0.243 e. The molecule has 22 aromatic rings. The first-order valence-corrected chi connectivity index (χ1v) is 40.8. The summed E-state index contributed by atoms with van der Waals surface area (Å²) in [7, 11) is 0. The molecule has 0 N–H and O–H groups in total. The molecule has 0 spiro atoms. The zero-order valence-corrected chi connectivity index (χ0v) is 65.0. The zero-order chi connectivity index (χ0) is 78.2. The van der Waals surface area contributed by atoms with Crippen molar-refractivity contribution in [1.82, 2.24) is 49.8 Å². The second kappa shape index (κ2) is 30.9.